The molecule has 5 nitrogen and oxygen atoms in total. The summed E-state index contributed by atoms with van der Waals surface area (Å²) in [6.07, 6.45) is 1.55. The average Bonchev–Trinajstić information content (AvgIpc) is 2.37. The molecule has 1 N–H and O–H groups in total. The Labute approximate surface area is 118 Å². The minimum absolute atomic E-state index is 0.198. The summed E-state index contributed by atoms with van der Waals surface area (Å²) in [4.78, 5) is 36.9. The van der Waals surface area contributed by atoms with Crippen molar-refractivity contribution in [1.29, 1.82) is 0 Å². The molecule has 1 heterocycles. The van der Waals surface area contributed by atoms with Gasteiger partial charge in [-0.2, -0.15) is 0 Å². The lowest BCUT2D eigenvalue weighted by molar-refractivity contribution is -0.158. The molecule has 0 aromatic heterocycles. The highest BCUT2D eigenvalue weighted by molar-refractivity contribution is 6.19. The van der Waals surface area contributed by atoms with E-state index in [2.05, 4.69) is 5.32 Å². The third-order valence-corrected chi connectivity index (χ3v) is 4.09. The number of hydrogen-bond donors (Lipinski definition) is 1. The lowest BCUT2D eigenvalue weighted by Gasteiger charge is -2.44. The van der Waals surface area contributed by atoms with Crippen LogP contribution in [0.2, 0.25) is 0 Å². The second-order valence-corrected chi connectivity index (χ2v) is 5.33. The van der Waals surface area contributed by atoms with E-state index in [0.717, 1.165) is 23.5 Å². The number of rotatable bonds is 2. The zero-order valence-corrected chi connectivity index (χ0v) is 11.0. The summed E-state index contributed by atoms with van der Waals surface area (Å²) in [5.41, 5.74) is -0.881. The van der Waals surface area contributed by atoms with Crippen molar-refractivity contribution in [3.8, 4) is 0 Å². The summed E-state index contributed by atoms with van der Waals surface area (Å²) in [5, 5.41) is 2.16. The maximum Gasteiger partial charge on any atom is 0.331 e. The maximum absolute atomic E-state index is 13.2. The summed E-state index contributed by atoms with van der Waals surface area (Å²) in [7, 11) is 0. The third-order valence-electron chi connectivity index (χ3n) is 4.09. The van der Waals surface area contributed by atoms with E-state index in [-0.39, 0.29) is 12.1 Å². The number of urea groups is 1. The minimum Gasteiger partial charge on any atom is -0.277 e. The monoisotopic (exact) mass is 294 g/mol. The van der Waals surface area contributed by atoms with Crippen LogP contribution < -0.4 is 5.32 Å². The van der Waals surface area contributed by atoms with Crippen LogP contribution in [0, 0.1) is 17.0 Å². The Bertz CT molecular complexity index is 656. The van der Waals surface area contributed by atoms with Crippen LogP contribution >= 0.6 is 0 Å². The second-order valence-electron chi connectivity index (χ2n) is 5.33. The van der Waals surface area contributed by atoms with Crippen molar-refractivity contribution < 1.29 is 23.2 Å². The van der Waals surface area contributed by atoms with Gasteiger partial charge in [-0.05, 0) is 30.5 Å². The fourth-order valence-electron chi connectivity index (χ4n) is 2.67. The molecule has 0 radical (unpaired) electrons. The quantitative estimate of drug-likeness (QED) is 0.844. The Morgan fingerprint density at radius 2 is 1.86 bits per heavy atom. The molecule has 1 aliphatic heterocycles. The smallest absolute Gasteiger partial charge is 0.277 e. The normalized spacial score (nSPS) is 20.5. The molecule has 1 spiro atoms. The van der Waals surface area contributed by atoms with Gasteiger partial charge in [-0.15, -0.1) is 0 Å². The van der Waals surface area contributed by atoms with Gasteiger partial charge in [0.2, 0.25) is 11.8 Å². The van der Waals surface area contributed by atoms with Gasteiger partial charge >= 0.3 is 6.03 Å². The molecule has 1 aromatic rings. The van der Waals surface area contributed by atoms with E-state index in [0.29, 0.717) is 12.8 Å². The van der Waals surface area contributed by atoms with E-state index in [1.807, 2.05) is 0 Å². The molecular formula is C14H12F2N2O3. The highest BCUT2D eigenvalue weighted by atomic mass is 19.2. The lowest BCUT2D eigenvalue weighted by Crippen LogP contribution is -2.65. The predicted molar refractivity (Wildman–Crippen MR) is 66.7 cm³/mol. The number of carbonyl (C=O) groups is 3. The first-order valence-electron chi connectivity index (χ1n) is 6.55. The standard InChI is InChI=1S/C14H12F2N2O3/c15-9-3-2-8(6-10(9)16)7-18-12(20)14(4-1-5-14)11(19)17-13(18)21/h2-3,6H,1,4-5,7H2,(H,17,19,21). The van der Waals surface area contributed by atoms with E-state index >= 15 is 0 Å². The molecule has 1 aromatic carbocycles. The first kappa shape index (κ1) is 13.7. The molecule has 7 heteroatoms. The zero-order chi connectivity index (χ0) is 15.2. The number of halogens is 2. The van der Waals surface area contributed by atoms with E-state index in [1.165, 1.54) is 6.07 Å². The molecule has 21 heavy (non-hydrogen) atoms. The number of nitrogens with zero attached hydrogens (tertiary/aromatic N) is 1. The van der Waals surface area contributed by atoms with Gasteiger partial charge in [0.25, 0.3) is 0 Å². The predicted octanol–water partition coefficient (Wildman–Crippen LogP) is 1.71. The molecule has 0 unspecified atom stereocenters. The Morgan fingerprint density at radius 3 is 2.43 bits per heavy atom. The minimum atomic E-state index is -1.16. The van der Waals surface area contributed by atoms with E-state index in [1.54, 1.807) is 0 Å². The first-order chi connectivity index (χ1) is 9.94. The van der Waals surface area contributed by atoms with E-state index < -0.39 is 34.9 Å². The number of hydrogen-bond acceptors (Lipinski definition) is 3. The van der Waals surface area contributed by atoms with Crippen molar-refractivity contribution in [2.75, 3.05) is 0 Å². The van der Waals surface area contributed by atoms with E-state index in [4.69, 9.17) is 0 Å². The summed E-state index contributed by atoms with van der Waals surface area (Å²) < 4.78 is 26.1. The molecule has 4 amide bonds. The fourth-order valence-corrected chi connectivity index (χ4v) is 2.67. The van der Waals surface area contributed by atoms with Crippen LogP contribution in [0.15, 0.2) is 18.2 Å². The fraction of sp³-hybridized carbons (Fsp3) is 0.357. The van der Waals surface area contributed by atoms with Gasteiger partial charge < -0.3 is 0 Å². The molecule has 0 bridgehead atoms. The first-order valence-corrected chi connectivity index (χ1v) is 6.55. The molecule has 2 aliphatic rings. The van der Waals surface area contributed by atoms with Crippen molar-refractivity contribution in [3.05, 3.63) is 35.4 Å². The Kier molecular flexibility index (Phi) is 3.00. The van der Waals surface area contributed by atoms with Crippen LogP contribution in [-0.2, 0) is 16.1 Å². The van der Waals surface area contributed by atoms with Gasteiger partial charge in [-0.3, -0.25) is 19.8 Å². The van der Waals surface area contributed by atoms with Gasteiger partial charge in [-0.25, -0.2) is 13.6 Å². The van der Waals surface area contributed by atoms with Crippen LogP contribution in [0.4, 0.5) is 13.6 Å². The van der Waals surface area contributed by atoms with Crippen molar-refractivity contribution in [1.82, 2.24) is 10.2 Å². The molecule has 1 saturated carbocycles. The van der Waals surface area contributed by atoms with Crippen LogP contribution in [0.25, 0.3) is 0 Å². The maximum atomic E-state index is 13.2. The largest absolute Gasteiger partial charge is 0.331 e. The van der Waals surface area contributed by atoms with Gasteiger partial charge in [0.05, 0.1) is 6.54 Å². The number of barbiturate groups is 1. The SMILES string of the molecule is O=C1NC(=O)C2(CCC2)C(=O)N1Cc1ccc(F)c(F)c1. The van der Waals surface area contributed by atoms with Crippen molar-refractivity contribution in [2.45, 2.75) is 25.8 Å². The topological polar surface area (TPSA) is 66.5 Å². The molecule has 1 saturated heterocycles. The number of benzene rings is 1. The highest BCUT2D eigenvalue weighted by Gasteiger charge is 2.57. The van der Waals surface area contributed by atoms with Crippen molar-refractivity contribution >= 4 is 17.8 Å². The molecule has 2 fully saturated rings. The summed E-state index contributed by atoms with van der Waals surface area (Å²) in [6, 6.07) is 2.33. The summed E-state index contributed by atoms with van der Waals surface area (Å²) >= 11 is 0. The van der Waals surface area contributed by atoms with Crippen LogP contribution in [0.5, 0.6) is 0 Å². The second kappa shape index (κ2) is 4.61. The van der Waals surface area contributed by atoms with Crippen molar-refractivity contribution in [2.24, 2.45) is 5.41 Å². The number of amides is 4. The van der Waals surface area contributed by atoms with Crippen LogP contribution in [0.1, 0.15) is 24.8 Å². The third kappa shape index (κ3) is 2.00. The molecule has 110 valence electrons. The van der Waals surface area contributed by atoms with Gasteiger partial charge in [0.15, 0.2) is 11.6 Å². The highest BCUT2D eigenvalue weighted by Crippen LogP contribution is 2.44. The Balaban J connectivity index is 1.86. The van der Waals surface area contributed by atoms with E-state index in [9.17, 15) is 23.2 Å². The van der Waals surface area contributed by atoms with Crippen LogP contribution in [0.3, 0.4) is 0 Å². The number of imide groups is 2. The number of nitrogens with one attached hydrogen (secondary N) is 1. The van der Waals surface area contributed by atoms with Crippen LogP contribution in [-0.4, -0.2) is 22.7 Å². The molecule has 1 aliphatic carbocycles. The lowest BCUT2D eigenvalue weighted by atomic mass is 9.66. The summed E-state index contributed by atoms with van der Waals surface area (Å²) in [5.74, 6) is -3.18. The van der Waals surface area contributed by atoms with Crippen molar-refractivity contribution in [3.63, 3.8) is 0 Å². The molecule has 3 rings (SSSR count). The Hall–Kier alpha value is -2.31. The molecular weight excluding hydrogens is 282 g/mol. The van der Waals surface area contributed by atoms with Gasteiger partial charge in [0, 0.05) is 0 Å². The number of carbonyl (C=O) groups excluding carboxylic acids is 3. The summed E-state index contributed by atoms with van der Waals surface area (Å²) in [6.45, 7) is -0.198. The zero-order valence-electron chi connectivity index (χ0n) is 11.0. The molecule has 0 atom stereocenters. The van der Waals surface area contributed by atoms with Gasteiger partial charge in [0.1, 0.15) is 5.41 Å². The average molecular weight is 294 g/mol. The van der Waals surface area contributed by atoms with Gasteiger partial charge in [-0.1, -0.05) is 12.5 Å². The Morgan fingerprint density at radius 1 is 1.14 bits per heavy atom.